The van der Waals surface area contributed by atoms with Crippen LogP contribution in [0.15, 0.2) is 66.0 Å². The summed E-state index contributed by atoms with van der Waals surface area (Å²) >= 11 is 13.9. The van der Waals surface area contributed by atoms with Crippen molar-refractivity contribution in [3.63, 3.8) is 0 Å². The molecule has 0 spiro atoms. The highest BCUT2D eigenvalue weighted by Gasteiger charge is 2.36. The highest BCUT2D eigenvalue weighted by Crippen LogP contribution is 2.31. The van der Waals surface area contributed by atoms with Gasteiger partial charge < -0.3 is 9.80 Å². The molecule has 0 aliphatic heterocycles. The molecule has 160 valence electrons. The van der Waals surface area contributed by atoms with Crippen LogP contribution >= 0.6 is 34.5 Å². The molecule has 31 heavy (non-hydrogen) atoms. The summed E-state index contributed by atoms with van der Waals surface area (Å²) in [6.07, 6.45) is 1.79. The standard InChI is InChI=1S/C24H22Cl2N2O2S/c25-18-8-11-21(22(26)13-18)24(30)28(19-9-10-19)16-23(29)27(15-20-7-4-12-31-20)14-17-5-2-1-3-6-17/h1-8,11-13,19H,9-10,14-16H2. The van der Waals surface area contributed by atoms with E-state index in [1.165, 1.54) is 0 Å². The molecule has 0 bridgehead atoms. The molecule has 1 aliphatic rings. The van der Waals surface area contributed by atoms with Gasteiger partial charge in [0.05, 0.1) is 17.1 Å². The first-order chi connectivity index (χ1) is 15.0. The first-order valence-corrected chi connectivity index (χ1v) is 11.7. The average Bonchev–Trinajstić information content (AvgIpc) is 3.47. The zero-order valence-electron chi connectivity index (χ0n) is 16.8. The topological polar surface area (TPSA) is 40.6 Å². The van der Waals surface area contributed by atoms with Crippen LogP contribution in [0.25, 0.3) is 0 Å². The van der Waals surface area contributed by atoms with Crippen LogP contribution in [0.4, 0.5) is 0 Å². The van der Waals surface area contributed by atoms with E-state index in [1.807, 2.05) is 52.7 Å². The van der Waals surface area contributed by atoms with Crippen molar-refractivity contribution in [2.24, 2.45) is 0 Å². The van der Waals surface area contributed by atoms with Crippen molar-refractivity contribution in [1.29, 1.82) is 0 Å². The fourth-order valence-electron chi connectivity index (χ4n) is 3.44. The molecule has 2 amide bonds. The highest BCUT2D eigenvalue weighted by atomic mass is 35.5. The molecule has 1 fully saturated rings. The SMILES string of the molecule is O=C(CN(C(=O)c1ccc(Cl)cc1Cl)C1CC1)N(Cc1ccccc1)Cc1cccs1. The summed E-state index contributed by atoms with van der Waals surface area (Å²) in [6, 6.07) is 18.8. The number of benzene rings is 2. The van der Waals surface area contributed by atoms with E-state index in [-0.39, 0.29) is 24.4 Å². The second kappa shape index (κ2) is 9.86. The number of carbonyl (C=O) groups excluding carboxylic acids is 2. The number of nitrogens with zero attached hydrogens (tertiary/aromatic N) is 2. The second-order valence-corrected chi connectivity index (χ2v) is 9.48. The Labute approximate surface area is 196 Å². The third-order valence-electron chi connectivity index (χ3n) is 5.21. The number of rotatable bonds is 8. The summed E-state index contributed by atoms with van der Waals surface area (Å²) in [4.78, 5) is 31.2. The lowest BCUT2D eigenvalue weighted by Gasteiger charge is -2.28. The predicted octanol–water partition coefficient (Wildman–Crippen LogP) is 5.89. The van der Waals surface area contributed by atoms with E-state index in [4.69, 9.17) is 23.2 Å². The Bertz CT molecular complexity index is 1050. The molecule has 4 nitrogen and oxygen atoms in total. The number of halogens is 2. The smallest absolute Gasteiger partial charge is 0.256 e. The van der Waals surface area contributed by atoms with Crippen molar-refractivity contribution in [3.05, 3.63) is 92.1 Å². The van der Waals surface area contributed by atoms with Gasteiger partial charge in [0.1, 0.15) is 6.54 Å². The van der Waals surface area contributed by atoms with E-state index in [0.717, 1.165) is 23.3 Å². The summed E-state index contributed by atoms with van der Waals surface area (Å²) in [5.41, 5.74) is 1.43. The van der Waals surface area contributed by atoms with Crippen LogP contribution in [0.5, 0.6) is 0 Å². The fraction of sp³-hybridized carbons (Fsp3) is 0.250. The third kappa shape index (κ3) is 5.67. The Hall–Kier alpha value is -2.34. The van der Waals surface area contributed by atoms with E-state index in [2.05, 4.69) is 0 Å². The van der Waals surface area contributed by atoms with E-state index < -0.39 is 0 Å². The maximum Gasteiger partial charge on any atom is 0.256 e. The van der Waals surface area contributed by atoms with Gasteiger partial charge >= 0.3 is 0 Å². The van der Waals surface area contributed by atoms with Crippen LogP contribution in [0.1, 0.15) is 33.6 Å². The van der Waals surface area contributed by atoms with Crippen molar-refractivity contribution in [2.45, 2.75) is 32.0 Å². The zero-order valence-corrected chi connectivity index (χ0v) is 19.2. The minimum absolute atomic E-state index is 0.0284. The van der Waals surface area contributed by atoms with Crippen molar-refractivity contribution in [3.8, 4) is 0 Å². The summed E-state index contributed by atoms with van der Waals surface area (Å²) < 4.78 is 0. The van der Waals surface area contributed by atoms with Crippen molar-refractivity contribution < 1.29 is 9.59 Å². The maximum atomic E-state index is 13.4. The Balaban J connectivity index is 1.54. The molecule has 1 aliphatic carbocycles. The quantitative estimate of drug-likeness (QED) is 0.410. The molecule has 1 aromatic heterocycles. The van der Waals surface area contributed by atoms with Crippen LogP contribution in [0.2, 0.25) is 10.0 Å². The number of carbonyl (C=O) groups is 2. The van der Waals surface area contributed by atoms with Gasteiger partial charge in [-0.25, -0.2) is 0 Å². The van der Waals surface area contributed by atoms with Crippen LogP contribution < -0.4 is 0 Å². The second-order valence-electron chi connectivity index (χ2n) is 7.60. The number of thiophene rings is 1. The molecule has 0 radical (unpaired) electrons. The summed E-state index contributed by atoms with van der Waals surface area (Å²) in [6.45, 7) is 1.03. The van der Waals surface area contributed by atoms with E-state index in [0.29, 0.717) is 28.7 Å². The molecule has 3 aromatic rings. The number of amides is 2. The lowest BCUT2D eigenvalue weighted by Crippen LogP contribution is -2.43. The molecule has 1 heterocycles. The number of hydrogen-bond donors (Lipinski definition) is 0. The lowest BCUT2D eigenvalue weighted by molar-refractivity contribution is -0.133. The van der Waals surface area contributed by atoms with Crippen molar-refractivity contribution in [1.82, 2.24) is 9.80 Å². The van der Waals surface area contributed by atoms with Crippen molar-refractivity contribution >= 4 is 46.4 Å². The molecule has 1 saturated carbocycles. The molecule has 2 aromatic carbocycles. The van der Waals surface area contributed by atoms with Gasteiger partial charge in [0.25, 0.3) is 5.91 Å². The van der Waals surface area contributed by atoms with Gasteiger partial charge in [0, 0.05) is 22.5 Å². The van der Waals surface area contributed by atoms with Crippen LogP contribution in [-0.2, 0) is 17.9 Å². The summed E-state index contributed by atoms with van der Waals surface area (Å²) in [5.74, 6) is -0.309. The Morgan fingerprint density at radius 1 is 0.968 bits per heavy atom. The molecule has 7 heteroatoms. The van der Waals surface area contributed by atoms with Gasteiger partial charge in [-0.15, -0.1) is 11.3 Å². The molecular weight excluding hydrogens is 451 g/mol. The van der Waals surface area contributed by atoms with Gasteiger partial charge in [-0.2, -0.15) is 0 Å². The largest absolute Gasteiger partial charge is 0.332 e. The van der Waals surface area contributed by atoms with Gasteiger partial charge in [-0.3, -0.25) is 9.59 Å². The molecule has 0 atom stereocenters. The van der Waals surface area contributed by atoms with Crippen LogP contribution in [-0.4, -0.2) is 34.2 Å². The first kappa shape index (κ1) is 21.9. The summed E-state index contributed by atoms with van der Waals surface area (Å²) in [5, 5.41) is 2.78. The normalized spacial score (nSPS) is 13.1. The minimum atomic E-state index is -0.228. The lowest BCUT2D eigenvalue weighted by atomic mass is 10.2. The zero-order chi connectivity index (χ0) is 21.8. The van der Waals surface area contributed by atoms with Gasteiger partial charge in [0.15, 0.2) is 0 Å². The highest BCUT2D eigenvalue weighted by molar-refractivity contribution is 7.09. The fourth-order valence-corrected chi connectivity index (χ4v) is 4.65. The number of hydrogen-bond acceptors (Lipinski definition) is 3. The first-order valence-electron chi connectivity index (χ1n) is 10.1. The van der Waals surface area contributed by atoms with Gasteiger partial charge in [-0.05, 0) is 48.1 Å². The van der Waals surface area contributed by atoms with Crippen molar-refractivity contribution in [2.75, 3.05) is 6.54 Å². The molecule has 0 unspecified atom stereocenters. The third-order valence-corrected chi connectivity index (χ3v) is 6.62. The monoisotopic (exact) mass is 472 g/mol. The summed E-state index contributed by atoms with van der Waals surface area (Å²) in [7, 11) is 0. The van der Waals surface area contributed by atoms with Gasteiger partial charge in [0.2, 0.25) is 5.91 Å². The molecular formula is C24H22Cl2N2O2S. The van der Waals surface area contributed by atoms with Gasteiger partial charge in [-0.1, -0.05) is 59.6 Å². The Morgan fingerprint density at radius 2 is 1.74 bits per heavy atom. The molecule has 0 saturated heterocycles. The molecule has 0 N–H and O–H groups in total. The van der Waals surface area contributed by atoms with E-state index in [9.17, 15) is 9.59 Å². The van der Waals surface area contributed by atoms with E-state index >= 15 is 0 Å². The Kier molecular flexibility index (Phi) is 6.96. The van der Waals surface area contributed by atoms with Crippen LogP contribution in [0.3, 0.4) is 0 Å². The average molecular weight is 473 g/mol. The minimum Gasteiger partial charge on any atom is -0.332 e. The van der Waals surface area contributed by atoms with E-state index in [1.54, 1.807) is 34.4 Å². The predicted molar refractivity (Wildman–Crippen MR) is 126 cm³/mol. The maximum absolute atomic E-state index is 13.4. The molecule has 4 rings (SSSR count). The van der Waals surface area contributed by atoms with Crippen LogP contribution in [0, 0.1) is 0 Å². The Morgan fingerprint density at radius 3 is 2.39 bits per heavy atom.